The number of amidine groups is 1. The van der Waals surface area contributed by atoms with Crippen LogP contribution in [0, 0.1) is 0 Å². The first-order valence-corrected chi connectivity index (χ1v) is 6.23. The Balaban J connectivity index is 1.94. The number of para-hydroxylation sites is 2. The van der Waals surface area contributed by atoms with E-state index in [1.165, 1.54) is 0 Å². The Bertz CT molecular complexity index is 443. The molecular weight excluding hydrogens is 319 g/mol. The van der Waals surface area contributed by atoms with E-state index in [-0.39, 0.29) is 16.5 Å². The molecule has 0 spiro atoms. The van der Waals surface area contributed by atoms with Crippen molar-refractivity contribution < 1.29 is 14.8 Å². The van der Waals surface area contributed by atoms with Crippen molar-refractivity contribution in [2.45, 2.75) is 10.8 Å². The average molecular weight is 331 g/mol. The maximum absolute atomic E-state index is 11.3. The second kappa shape index (κ2) is 4.92. The van der Waals surface area contributed by atoms with E-state index in [1.807, 2.05) is 52.2 Å². The quantitative estimate of drug-likeness (QED) is 0.393. The van der Waals surface area contributed by atoms with Gasteiger partial charge in [-0.3, -0.25) is 10.1 Å². The third-order valence-electron chi connectivity index (χ3n) is 2.21. The minimum absolute atomic E-state index is 0.123. The number of nitrogens with two attached hydrogens (primary N) is 1. The highest BCUT2D eigenvalue weighted by atomic mass is 127. The molecule has 0 amide bonds. The van der Waals surface area contributed by atoms with Crippen LogP contribution < -0.4 is 5.32 Å². The summed E-state index contributed by atoms with van der Waals surface area (Å²) in [6, 6.07) is 7.85. The van der Waals surface area contributed by atoms with Gasteiger partial charge in [-0.1, -0.05) is 34.7 Å². The molecule has 4 nitrogen and oxygen atoms in total. The van der Waals surface area contributed by atoms with Gasteiger partial charge in [-0.05, 0) is 13.0 Å². The van der Waals surface area contributed by atoms with Gasteiger partial charge in [0.15, 0.2) is 12.3 Å². The number of carbonyl (C=O) groups excluding carboxylic acids is 1. The van der Waals surface area contributed by atoms with Gasteiger partial charge < -0.3 is 4.74 Å². The van der Waals surface area contributed by atoms with E-state index in [1.54, 1.807) is 6.92 Å². The maximum atomic E-state index is 11.3. The van der Waals surface area contributed by atoms with Crippen molar-refractivity contribution in [3.63, 3.8) is 0 Å². The summed E-state index contributed by atoms with van der Waals surface area (Å²) in [7, 11) is 0. The van der Waals surface area contributed by atoms with Gasteiger partial charge in [0.05, 0.1) is 0 Å². The van der Waals surface area contributed by atoms with Crippen molar-refractivity contribution >= 4 is 45.8 Å². The summed E-state index contributed by atoms with van der Waals surface area (Å²) in [4.78, 5) is 15.6. The summed E-state index contributed by atoms with van der Waals surface area (Å²) in [6.07, 6.45) is 0. The zero-order valence-electron chi connectivity index (χ0n) is 8.81. The third kappa shape index (κ3) is 2.59. The molecule has 0 saturated heterocycles. The van der Waals surface area contributed by atoms with Crippen molar-refractivity contribution in [1.29, 1.82) is 0 Å². The molecule has 1 heterocycles. The van der Waals surface area contributed by atoms with Gasteiger partial charge in [-0.15, -0.1) is 0 Å². The predicted octanol–water partition coefficient (Wildman–Crippen LogP) is 1.29. The number of benzene rings is 1. The highest BCUT2D eigenvalue weighted by Gasteiger charge is 2.20. The Labute approximate surface area is 107 Å². The molecule has 5 heteroatoms. The molecule has 0 radical (unpaired) electrons. The Morgan fingerprint density at radius 3 is 3.00 bits per heavy atom. The smallest absolute Gasteiger partial charge is 0.319 e. The summed E-state index contributed by atoms with van der Waals surface area (Å²) < 4.78 is 4.99. The largest absolute Gasteiger partial charge is 0.452 e. The monoisotopic (exact) mass is 331 g/mol. The highest BCUT2D eigenvalue weighted by molar-refractivity contribution is 14.1. The van der Waals surface area contributed by atoms with Gasteiger partial charge in [0.25, 0.3) is 0 Å². The molecular formula is C11H12IN2O2+. The van der Waals surface area contributed by atoms with Crippen LogP contribution >= 0.6 is 22.6 Å². The minimum atomic E-state index is -0.201. The Hall–Kier alpha value is -0.950. The first kappa shape index (κ1) is 11.5. The number of aliphatic imine (C=N–C) groups is 1. The second-order valence-corrected chi connectivity index (χ2v) is 5.40. The Morgan fingerprint density at radius 1 is 1.56 bits per heavy atom. The lowest BCUT2D eigenvalue weighted by atomic mass is 10.3. The summed E-state index contributed by atoms with van der Waals surface area (Å²) >= 11 is 2.03. The topological polar surface area (TPSA) is 55.3 Å². The van der Waals surface area contributed by atoms with Gasteiger partial charge in [-0.25, -0.2) is 0 Å². The van der Waals surface area contributed by atoms with Crippen molar-refractivity contribution in [3.8, 4) is 0 Å². The van der Waals surface area contributed by atoms with Crippen LogP contribution in [-0.2, 0) is 9.53 Å². The van der Waals surface area contributed by atoms with E-state index in [9.17, 15) is 4.79 Å². The van der Waals surface area contributed by atoms with Gasteiger partial charge in [0.2, 0.25) is 5.84 Å². The fraction of sp³-hybridized carbons (Fsp3) is 0.273. The van der Waals surface area contributed by atoms with Gasteiger partial charge in [0, 0.05) is 6.07 Å². The number of fused-ring (bicyclic) bond motifs is 1. The number of carbonyl (C=O) groups is 1. The van der Waals surface area contributed by atoms with E-state index in [0.717, 1.165) is 17.2 Å². The van der Waals surface area contributed by atoms with Gasteiger partial charge in [-0.2, -0.15) is 4.99 Å². The van der Waals surface area contributed by atoms with E-state index < -0.39 is 0 Å². The minimum Gasteiger partial charge on any atom is -0.452 e. The van der Waals surface area contributed by atoms with Crippen molar-refractivity contribution in [1.82, 2.24) is 0 Å². The van der Waals surface area contributed by atoms with E-state index in [4.69, 9.17) is 4.74 Å². The molecule has 0 bridgehead atoms. The fourth-order valence-electron chi connectivity index (χ4n) is 1.41. The molecule has 0 aliphatic carbocycles. The molecule has 2 rings (SSSR count). The molecule has 1 unspecified atom stereocenters. The highest BCUT2D eigenvalue weighted by Crippen LogP contribution is 2.22. The normalized spacial score (nSPS) is 15.2. The number of hydrogen-bond acceptors (Lipinski definition) is 3. The van der Waals surface area contributed by atoms with Crippen LogP contribution in [0.4, 0.5) is 11.4 Å². The maximum Gasteiger partial charge on any atom is 0.319 e. The number of hydrogen-bond donors (Lipinski definition) is 1. The first-order valence-electron chi connectivity index (χ1n) is 4.99. The molecule has 0 saturated carbocycles. The number of rotatable bonds is 3. The molecule has 1 aromatic rings. The first-order chi connectivity index (χ1) is 7.66. The van der Waals surface area contributed by atoms with E-state index >= 15 is 0 Å². The summed E-state index contributed by atoms with van der Waals surface area (Å²) in [5, 5.41) is 1.94. The SMILES string of the molecule is CC(I)C(=O)OCC1=Nc2ccccc2[NH2+]1. The number of nitrogens with zero attached hydrogens (tertiary/aromatic N) is 1. The molecule has 84 valence electrons. The van der Waals surface area contributed by atoms with Crippen LogP contribution in [-0.4, -0.2) is 22.3 Å². The van der Waals surface area contributed by atoms with E-state index in [2.05, 4.69) is 4.99 Å². The number of ether oxygens (including phenoxy) is 1. The average Bonchev–Trinajstić information content (AvgIpc) is 2.68. The number of alkyl halides is 1. The molecule has 2 N–H and O–H groups in total. The van der Waals surface area contributed by atoms with Crippen molar-refractivity contribution in [3.05, 3.63) is 24.3 Å². The summed E-state index contributed by atoms with van der Waals surface area (Å²) in [6.45, 7) is 2.05. The molecule has 16 heavy (non-hydrogen) atoms. The molecule has 1 atom stereocenters. The van der Waals surface area contributed by atoms with Crippen LogP contribution in [0.15, 0.2) is 29.3 Å². The van der Waals surface area contributed by atoms with Crippen LogP contribution in [0.25, 0.3) is 0 Å². The molecule has 1 aliphatic rings. The van der Waals surface area contributed by atoms with Crippen molar-refractivity contribution in [2.24, 2.45) is 4.99 Å². The molecule has 0 fully saturated rings. The third-order valence-corrected chi connectivity index (χ3v) is 2.72. The molecule has 1 aliphatic heterocycles. The van der Waals surface area contributed by atoms with Crippen LogP contribution in [0.5, 0.6) is 0 Å². The number of halogens is 1. The molecule has 0 aromatic heterocycles. The van der Waals surface area contributed by atoms with E-state index in [0.29, 0.717) is 0 Å². The van der Waals surface area contributed by atoms with Crippen molar-refractivity contribution in [2.75, 3.05) is 6.61 Å². The van der Waals surface area contributed by atoms with Gasteiger partial charge in [0.1, 0.15) is 9.61 Å². The number of esters is 1. The summed E-state index contributed by atoms with van der Waals surface area (Å²) in [5.74, 6) is 0.597. The zero-order valence-corrected chi connectivity index (χ0v) is 11.0. The standard InChI is InChI=1S/C11H11IN2O2/c1-7(12)11(15)16-6-10-13-8-4-2-3-5-9(8)14-10/h2-5,7H,6H2,1H3,(H,13,14)/p+1. The predicted molar refractivity (Wildman–Crippen MR) is 69.6 cm³/mol. The lowest BCUT2D eigenvalue weighted by molar-refractivity contribution is -0.442. The fourth-order valence-corrected chi connectivity index (χ4v) is 1.59. The zero-order chi connectivity index (χ0) is 11.5. The number of quaternary nitrogens is 1. The lowest BCUT2D eigenvalue weighted by Gasteiger charge is -2.03. The Kier molecular flexibility index (Phi) is 3.55. The van der Waals surface area contributed by atoms with Crippen LogP contribution in [0.1, 0.15) is 6.92 Å². The van der Waals surface area contributed by atoms with Gasteiger partial charge >= 0.3 is 5.97 Å². The Morgan fingerprint density at radius 2 is 2.31 bits per heavy atom. The van der Waals surface area contributed by atoms with Crippen LogP contribution in [0.2, 0.25) is 0 Å². The summed E-state index contributed by atoms with van der Waals surface area (Å²) in [5.41, 5.74) is 2.02. The van der Waals surface area contributed by atoms with Crippen LogP contribution in [0.3, 0.4) is 0 Å². The molecule has 1 aromatic carbocycles. The lowest BCUT2D eigenvalue weighted by Crippen LogP contribution is -2.81. The second-order valence-electron chi connectivity index (χ2n) is 3.53.